The van der Waals surface area contributed by atoms with Gasteiger partial charge in [-0.15, -0.1) is 0 Å². The van der Waals surface area contributed by atoms with Crippen LogP contribution in [-0.4, -0.2) is 11.5 Å². The van der Waals surface area contributed by atoms with Gasteiger partial charge in [-0.2, -0.15) is 0 Å². The lowest BCUT2D eigenvalue weighted by Gasteiger charge is -2.11. The Hall–Kier alpha value is -1.35. The van der Waals surface area contributed by atoms with Crippen molar-refractivity contribution in [2.24, 2.45) is 0 Å². The van der Waals surface area contributed by atoms with Crippen molar-refractivity contribution in [3.63, 3.8) is 0 Å². The summed E-state index contributed by atoms with van der Waals surface area (Å²) in [4.78, 5) is 4.33. The molecule has 90 valence electrons. The van der Waals surface area contributed by atoms with Crippen molar-refractivity contribution in [1.82, 2.24) is 4.98 Å². The Morgan fingerprint density at radius 3 is 2.76 bits per heavy atom. The van der Waals surface area contributed by atoms with Crippen LogP contribution in [0.25, 0.3) is 10.9 Å². The molecule has 0 radical (unpaired) electrons. The number of halogens is 2. The normalized spacial score (nSPS) is 10.8. The number of benzene rings is 1. The Kier molecular flexibility index (Phi) is 3.48. The van der Waals surface area contributed by atoms with Gasteiger partial charge in [0.05, 0.1) is 5.02 Å². The second-order valence-corrected chi connectivity index (χ2v) is 4.21. The van der Waals surface area contributed by atoms with Gasteiger partial charge in [0.25, 0.3) is 0 Å². The molecule has 0 aliphatic carbocycles. The van der Waals surface area contributed by atoms with E-state index in [4.69, 9.17) is 11.6 Å². The van der Waals surface area contributed by atoms with E-state index in [2.05, 4.69) is 10.3 Å². The number of fused-ring (bicyclic) bond motifs is 1. The van der Waals surface area contributed by atoms with Gasteiger partial charge in [-0.3, -0.25) is 0 Å². The van der Waals surface area contributed by atoms with E-state index in [1.54, 1.807) is 6.07 Å². The van der Waals surface area contributed by atoms with Crippen LogP contribution in [0.2, 0.25) is 5.02 Å². The molecule has 4 heteroatoms. The highest BCUT2D eigenvalue weighted by molar-refractivity contribution is 6.35. The third kappa shape index (κ3) is 2.20. The lowest BCUT2D eigenvalue weighted by Crippen LogP contribution is -2.04. The highest BCUT2D eigenvalue weighted by atomic mass is 35.5. The number of hydrogen-bond acceptors (Lipinski definition) is 2. The molecule has 17 heavy (non-hydrogen) atoms. The van der Waals surface area contributed by atoms with Crippen LogP contribution in [0, 0.1) is 5.82 Å². The fourth-order valence-corrected chi connectivity index (χ4v) is 2.03. The van der Waals surface area contributed by atoms with Crippen LogP contribution < -0.4 is 5.32 Å². The molecule has 0 amide bonds. The quantitative estimate of drug-likeness (QED) is 0.892. The number of hydrogen-bond donors (Lipinski definition) is 1. The maximum atomic E-state index is 13.7. The Morgan fingerprint density at radius 2 is 2.12 bits per heavy atom. The van der Waals surface area contributed by atoms with Crippen LogP contribution in [0.15, 0.2) is 18.2 Å². The highest BCUT2D eigenvalue weighted by Crippen LogP contribution is 2.28. The van der Waals surface area contributed by atoms with Gasteiger partial charge in [0.1, 0.15) is 17.2 Å². The minimum Gasteiger partial charge on any atom is -0.370 e. The molecule has 0 bridgehead atoms. The van der Waals surface area contributed by atoms with E-state index in [-0.39, 0.29) is 5.82 Å². The summed E-state index contributed by atoms with van der Waals surface area (Å²) >= 11 is 6.06. The number of aryl methyl sites for hydroxylation is 1. The van der Waals surface area contributed by atoms with E-state index >= 15 is 0 Å². The summed E-state index contributed by atoms with van der Waals surface area (Å²) in [5.41, 5.74) is 1.37. The van der Waals surface area contributed by atoms with Crippen LogP contribution in [0.4, 0.5) is 10.2 Å². The Balaban J connectivity index is 2.73. The number of aromatic nitrogens is 1. The Labute approximate surface area is 105 Å². The number of nitrogens with zero attached hydrogens (tertiary/aromatic N) is 1. The molecule has 2 aromatic rings. The molecular formula is C13H14ClFN2. The van der Waals surface area contributed by atoms with Crippen LogP contribution >= 0.6 is 11.6 Å². The third-order valence-corrected chi connectivity index (χ3v) is 3.02. The zero-order chi connectivity index (χ0) is 12.4. The van der Waals surface area contributed by atoms with Crippen LogP contribution in [0.5, 0.6) is 0 Å². The number of rotatable bonds is 3. The summed E-state index contributed by atoms with van der Waals surface area (Å²) in [5.74, 6) is 0.398. The maximum Gasteiger partial charge on any atom is 0.149 e. The molecule has 1 heterocycles. The van der Waals surface area contributed by atoms with Crippen LogP contribution in [-0.2, 0) is 6.42 Å². The second-order valence-electron chi connectivity index (χ2n) is 3.81. The molecule has 0 spiro atoms. The first-order chi connectivity index (χ1) is 8.17. The van der Waals surface area contributed by atoms with Gasteiger partial charge in [-0.05, 0) is 37.1 Å². The SMILES string of the molecule is CCNc1nc2c(F)ccc(Cl)c2cc1CC. The molecule has 0 aliphatic heterocycles. The van der Waals surface area contributed by atoms with Crippen molar-refractivity contribution in [2.45, 2.75) is 20.3 Å². The standard InChI is InChI=1S/C13H14ClFN2/c1-3-8-7-9-10(14)5-6-11(15)12(9)17-13(8)16-4-2/h5-7H,3-4H2,1-2H3,(H,16,17). The number of nitrogens with one attached hydrogen (secondary N) is 1. The summed E-state index contributed by atoms with van der Waals surface area (Å²) in [6, 6.07) is 4.82. The minimum atomic E-state index is -0.341. The van der Waals surface area contributed by atoms with Crippen molar-refractivity contribution in [1.29, 1.82) is 0 Å². The van der Waals surface area contributed by atoms with E-state index in [9.17, 15) is 4.39 Å². The topological polar surface area (TPSA) is 24.9 Å². The van der Waals surface area contributed by atoms with Crippen molar-refractivity contribution in [3.8, 4) is 0 Å². The first kappa shape index (κ1) is 12.1. The Morgan fingerprint density at radius 1 is 1.35 bits per heavy atom. The summed E-state index contributed by atoms with van der Waals surface area (Å²) in [6.07, 6.45) is 0.831. The van der Waals surface area contributed by atoms with E-state index in [1.165, 1.54) is 6.07 Å². The van der Waals surface area contributed by atoms with Gasteiger partial charge in [-0.1, -0.05) is 18.5 Å². The monoisotopic (exact) mass is 252 g/mol. The van der Waals surface area contributed by atoms with Crippen molar-refractivity contribution >= 4 is 28.3 Å². The summed E-state index contributed by atoms with van der Waals surface area (Å²) in [5, 5.41) is 4.35. The van der Waals surface area contributed by atoms with E-state index in [1.807, 2.05) is 19.9 Å². The Bertz CT molecular complexity index is 555. The third-order valence-electron chi connectivity index (χ3n) is 2.69. The first-order valence-electron chi connectivity index (χ1n) is 5.68. The minimum absolute atomic E-state index is 0.325. The predicted octanol–water partition coefficient (Wildman–Crippen LogP) is 4.02. The second kappa shape index (κ2) is 4.88. The molecule has 0 atom stereocenters. The molecular weight excluding hydrogens is 239 g/mol. The molecule has 0 fully saturated rings. The lowest BCUT2D eigenvalue weighted by atomic mass is 10.1. The van der Waals surface area contributed by atoms with E-state index < -0.39 is 0 Å². The highest BCUT2D eigenvalue weighted by Gasteiger charge is 2.10. The molecule has 2 nitrogen and oxygen atoms in total. The van der Waals surface area contributed by atoms with Crippen molar-refractivity contribution in [2.75, 3.05) is 11.9 Å². The molecule has 0 unspecified atom stereocenters. The van der Waals surface area contributed by atoms with Gasteiger partial charge < -0.3 is 5.32 Å². The van der Waals surface area contributed by atoms with Gasteiger partial charge in [0, 0.05) is 11.9 Å². The van der Waals surface area contributed by atoms with Gasteiger partial charge >= 0.3 is 0 Å². The fraction of sp³-hybridized carbons (Fsp3) is 0.308. The van der Waals surface area contributed by atoms with Crippen molar-refractivity contribution in [3.05, 3.63) is 34.6 Å². The van der Waals surface area contributed by atoms with Gasteiger partial charge in [0.2, 0.25) is 0 Å². The van der Waals surface area contributed by atoms with Crippen LogP contribution in [0.1, 0.15) is 19.4 Å². The molecule has 0 aliphatic rings. The molecule has 0 saturated heterocycles. The molecule has 0 saturated carbocycles. The number of pyridine rings is 1. The van der Waals surface area contributed by atoms with Gasteiger partial charge in [-0.25, -0.2) is 9.37 Å². The molecule has 1 N–H and O–H groups in total. The zero-order valence-electron chi connectivity index (χ0n) is 9.85. The summed E-state index contributed by atoms with van der Waals surface area (Å²) < 4.78 is 13.7. The van der Waals surface area contributed by atoms with Crippen LogP contribution in [0.3, 0.4) is 0 Å². The average molecular weight is 253 g/mol. The maximum absolute atomic E-state index is 13.7. The van der Waals surface area contributed by atoms with E-state index in [0.29, 0.717) is 15.9 Å². The fourth-order valence-electron chi connectivity index (χ4n) is 1.82. The number of anilines is 1. The average Bonchev–Trinajstić information content (AvgIpc) is 2.34. The largest absolute Gasteiger partial charge is 0.370 e. The van der Waals surface area contributed by atoms with Gasteiger partial charge in [0.15, 0.2) is 0 Å². The summed E-state index contributed by atoms with van der Waals surface area (Å²) in [7, 11) is 0. The molecule has 1 aromatic carbocycles. The van der Waals surface area contributed by atoms with Crippen molar-refractivity contribution < 1.29 is 4.39 Å². The molecule has 2 rings (SSSR count). The smallest absolute Gasteiger partial charge is 0.149 e. The molecule has 1 aromatic heterocycles. The predicted molar refractivity (Wildman–Crippen MR) is 70.3 cm³/mol. The summed E-state index contributed by atoms with van der Waals surface area (Å²) in [6.45, 7) is 4.78. The van der Waals surface area contributed by atoms with E-state index in [0.717, 1.165) is 24.3 Å². The lowest BCUT2D eigenvalue weighted by molar-refractivity contribution is 0.637. The zero-order valence-corrected chi connectivity index (χ0v) is 10.6. The first-order valence-corrected chi connectivity index (χ1v) is 6.06.